The van der Waals surface area contributed by atoms with Crippen LogP contribution >= 0.6 is 11.3 Å². The van der Waals surface area contributed by atoms with Crippen molar-refractivity contribution in [1.82, 2.24) is 9.88 Å². The summed E-state index contributed by atoms with van der Waals surface area (Å²) in [6, 6.07) is 10.1. The molecule has 170 valence electrons. The summed E-state index contributed by atoms with van der Waals surface area (Å²) in [6.45, 7) is 4.41. The van der Waals surface area contributed by atoms with E-state index in [-0.39, 0.29) is 36.3 Å². The van der Waals surface area contributed by atoms with Crippen molar-refractivity contribution in [3.8, 4) is 22.9 Å². The molecule has 6 heteroatoms. The predicted molar refractivity (Wildman–Crippen MR) is 127 cm³/mol. The average Bonchev–Trinajstić information content (AvgIpc) is 3.22. The summed E-state index contributed by atoms with van der Waals surface area (Å²) in [5.41, 5.74) is 1.21. The molecule has 2 aliphatic carbocycles. The van der Waals surface area contributed by atoms with Crippen LogP contribution in [-0.4, -0.2) is 52.3 Å². The number of carbonyl (C=O) groups excluding carboxylic acids is 1. The Balaban J connectivity index is 1.81. The standard InChI is InChI=1S/C26H32N2O3S/c1-5-13-28(4)22(31)14-18-23-19(32-24(27-23)17-9-7-6-8-10-17)15-20-25(18,2)12-11-21(30)26(20,3)16-29/h1,6-10,18,20-21,29-30H,11-16H2,2-4H3/t18-,20+,21-,25+,26+/m1/s1. The Hall–Kier alpha value is -2.20. The monoisotopic (exact) mass is 452 g/mol. The molecule has 1 fully saturated rings. The highest BCUT2D eigenvalue weighted by atomic mass is 32.1. The van der Waals surface area contributed by atoms with E-state index in [4.69, 9.17) is 11.4 Å². The van der Waals surface area contributed by atoms with E-state index < -0.39 is 11.5 Å². The first-order chi connectivity index (χ1) is 15.2. The van der Waals surface area contributed by atoms with Crippen LogP contribution in [0.3, 0.4) is 0 Å². The topological polar surface area (TPSA) is 73.7 Å². The van der Waals surface area contributed by atoms with Gasteiger partial charge < -0.3 is 15.1 Å². The quantitative estimate of drug-likeness (QED) is 0.679. The lowest BCUT2D eigenvalue weighted by atomic mass is 9.47. The zero-order valence-electron chi connectivity index (χ0n) is 19.0. The molecule has 0 bridgehead atoms. The third-order valence-corrected chi connectivity index (χ3v) is 9.19. The van der Waals surface area contributed by atoms with Crippen molar-refractivity contribution in [2.45, 2.75) is 51.6 Å². The Morgan fingerprint density at radius 1 is 1.34 bits per heavy atom. The molecular weight excluding hydrogens is 420 g/mol. The van der Waals surface area contributed by atoms with Crippen molar-refractivity contribution in [2.24, 2.45) is 16.7 Å². The zero-order chi connectivity index (χ0) is 23.1. The fourth-order valence-corrected chi connectivity index (χ4v) is 7.08. The average molecular weight is 453 g/mol. The van der Waals surface area contributed by atoms with Crippen LogP contribution in [0.15, 0.2) is 30.3 Å². The number of aliphatic hydroxyl groups is 2. The van der Waals surface area contributed by atoms with Crippen LogP contribution in [0.5, 0.6) is 0 Å². The second-order valence-corrected chi connectivity index (χ2v) is 11.0. The van der Waals surface area contributed by atoms with Gasteiger partial charge in [-0.2, -0.15) is 0 Å². The Labute approximate surface area is 194 Å². The minimum atomic E-state index is -0.617. The van der Waals surface area contributed by atoms with Gasteiger partial charge >= 0.3 is 0 Å². The lowest BCUT2D eigenvalue weighted by molar-refractivity contribution is -0.146. The van der Waals surface area contributed by atoms with Gasteiger partial charge in [0.15, 0.2) is 0 Å². The first kappa shape index (κ1) is 23.0. The molecule has 0 unspecified atom stereocenters. The number of aliphatic hydroxyl groups excluding tert-OH is 2. The third kappa shape index (κ3) is 3.67. The van der Waals surface area contributed by atoms with Gasteiger partial charge in [0.25, 0.3) is 0 Å². The van der Waals surface area contributed by atoms with E-state index in [0.29, 0.717) is 12.8 Å². The first-order valence-corrected chi connectivity index (χ1v) is 12.1. The van der Waals surface area contributed by atoms with Gasteiger partial charge in [-0.1, -0.05) is 50.1 Å². The Bertz CT molecular complexity index is 1030. The molecule has 2 aromatic rings. The van der Waals surface area contributed by atoms with Crippen LogP contribution in [-0.2, 0) is 11.2 Å². The molecule has 2 N–H and O–H groups in total. The molecule has 1 amide bonds. The number of nitrogens with zero attached hydrogens (tertiary/aromatic N) is 2. The molecule has 5 atom stereocenters. The molecule has 5 nitrogen and oxygen atoms in total. The molecule has 0 radical (unpaired) electrons. The predicted octanol–water partition coefficient (Wildman–Crippen LogP) is 3.71. The maximum Gasteiger partial charge on any atom is 0.223 e. The van der Waals surface area contributed by atoms with Crippen LogP contribution in [0.4, 0.5) is 0 Å². The van der Waals surface area contributed by atoms with E-state index in [9.17, 15) is 15.0 Å². The summed E-state index contributed by atoms with van der Waals surface area (Å²) in [5.74, 6) is 2.52. The molecule has 32 heavy (non-hydrogen) atoms. The first-order valence-electron chi connectivity index (χ1n) is 11.3. The van der Waals surface area contributed by atoms with Crippen molar-refractivity contribution >= 4 is 17.2 Å². The molecule has 4 rings (SSSR count). The largest absolute Gasteiger partial charge is 0.396 e. The van der Waals surface area contributed by atoms with Gasteiger partial charge in [0.1, 0.15) is 5.01 Å². The maximum atomic E-state index is 13.1. The summed E-state index contributed by atoms with van der Waals surface area (Å²) < 4.78 is 0. The van der Waals surface area contributed by atoms with Crippen molar-refractivity contribution in [1.29, 1.82) is 0 Å². The van der Waals surface area contributed by atoms with Gasteiger partial charge in [-0.15, -0.1) is 17.8 Å². The van der Waals surface area contributed by atoms with E-state index in [0.717, 1.165) is 34.0 Å². The van der Waals surface area contributed by atoms with Crippen LogP contribution in [0.1, 0.15) is 49.6 Å². The zero-order valence-corrected chi connectivity index (χ0v) is 19.9. The second-order valence-electron chi connectivity index (χ2n) is 9.89. The molecule has 0 spiro atoms. The lowest BCUT2D eigenvalue weighted by Crippen LogP contribution is -2.57. The molecule has 0 saturated heterocycles. The number of carbonyl (C=O) groups is 1. The minimum absolute atomic E-state index is 0.00635. The number of terminal acetylenes is 1. The van der Waals surface area contributed by atoms with Crippen LogP contribution in [0.25, 0.3) is 10.6 Å². The van der Waals surface area contributed by atoms with Gasteiger partial charge in [-0.25, -0.2) is 4.98 Å². The highest BCUT2D eigenvalue weighted by molar-refractivity contribution is 7.15. The van der Waals surface area contributed by atoms with Crippen LogP contribution in [0, 0.1) is 29.1 Å². The summed E-state index contributed by atoms with van der Waals surface area (Å²) in [6.07, 6.45) is 7.37. The number of thiazole rings is 1. The van der Waals surface area contributed by atoms with E-state index in [1.54, 1.807) is 23.3 Å². The van der Waals surface area contributed by atoms with E-state index in [1.165, 1.54) is 0 Å². The number of benzene rings is 1. The van der Waals surface area contributed by atoms with E-state index in [2.05, 4.69) is 25.0 Å². The summed E-state index contributed by atoms with van der Waals surface area (Å²) in [7, 11) is 1.74. The van der Waals surface area contributed by atoms with Crippen molar-refractivity contribution < 1.29 is 15.0 Å². The fourth-order valence-electron chi connectivity index (χ4n) is 5.91. The summed E-state index contributed by atoms with van der Waals surface area (Å²) in [4.78, 5) is 20.9. The van der Waals surface area contributed by atoms with Crippen molar-refractivity contribution in [3.63, 3.8) is 0 Å². The minimum Gasteiger partial charge on any atom is -0.396 e. The van der Waals surface area contributed by atoms with Gasteiger partial charge in [-0.3, -0.25) is 4.79 Å². The smallest absolute Gasteiger partial charge is 0.223 e. The lowest BCUT2D eigenvalue weighted by Gasteiger charge is -2.58. The Morgan fingerprint density at radius 2 is 2.06 bits per heavy atom. The van der Waals surface area contributed by atoms with Crippen LogP contribution in [0.2, 0.25) is 0 Å². The highest BCUT2D eigenvalue weighted by Crippen LogP contribution is 2.63. The molecule has 2 aliphatic rings. The van der Waals surface area contributed by atoms with Gasteiger partial charge in [0.2, 0.25) is 5.91 Å². The van der Waals surface area contributed by atoms with Gasteiger partial charge in [0.05, 0.1) is 24.9 Å². The van der Waals surface area contributed by atoms with Gasteiger partial charge in [0, 0.05) is 35.2 Å². The number of hydrogen-bond acceptors (Lipinski definition) is 5. The number of amides is 1. The molecule has 1 heterocycles. The molecule has 0 aliphatic heterocycles. The Morgan fingerprint density at radius 3 is 2.72 bits per heavy atom. The number of hydrogen-bond donors (Lipinski definition) is 2. The highest BCUT2D eigenvalue weighted by Gasteiger charge is 2.59. The van der Waals surface area contributed by atoms with E-state index >= 15 is 0 Å². The van der Waals surface area contributed by atoms with Crippen molar-refractivity contribution in [2.75, 3.05) is 20.2 Å². The molecule has 1 saturated carbocycles. The summed E-state index contributed by atoms with van der Waals surface area (Å²) >= 11 is 1.67. The van der Waals surface area contributed by atoms with Crippen molar-refractivity contribution in [3.05, 3.63) is 40.9 Å². The fraction of sp³-hybridized carbons (Fsp3) is 0.538. The Kier molecular flexibility index (Phi) is 6.19. The van der Waals surface area contributed by atoms with Crippen LogP contribution < -0.4 is 0 Å². The normalized spacial score (nSPS) is 31.3. The SMILES string of the molecule is C#CCN(C)C(=O)C[C@@H]1c2nc(-c3ccccc3)sc2C[C@@H]2[C@](C)(CO)[C@H](O)CC[C@]21C. The molecule has 1 aromatic heterocycles. The number of rotatable bonds is 5. The molecule has 1 aromatic carbocycles. The second kappa shape index (κ2) is 8.62. The summed E-state index contributed by atoms with van der Waals surface area (Å²) in [5, 5.41) is 22.2. The number of aromatic nitrogens is 1. The van der Waals surface area contributed by atoms with E-state index in [1.807, 2.05) is 25.1 Å². The number of fused-ring (bicyclic) bond motifs is 2. The third-order valence-electron chi connectivity index (χ3n) is 8.05. The molecular formula is C26H32N2O3S. The maximum absolute atomic E-state index is 13.1. The van der Waals surface area contributed by atoms with Gasteiger partial charge in [-0.05, 0) is 30.6 Å².